The van der Waals surface area contributed by atoms with Crippen molar-refractivity contribution in [2.45, 2.75) is 0 Å². The Kier molecular flexibility index (Phi) is 5.52. The minimum atomic E-state index is -0.149. The van der Waals surface area contributed by atoms with Gasteiger partial charge >= 0.3 is 0 Å². The topological polar surface area (TPSA) is 34.1 Å². The fourth-order valence-corrected chi connectivity index (χ4v) is 3.32. The van der Waals surface area contributed by atoms with Gasteiger partial charge in [0.25, 0.3) is 0 Å². The van der Waals surface area contributed by atoms with Crippen LogP contribution < -0.4 is 0 Å². The molecule has 2 aromatic rings. The van der Waals surface area contributed by atoms with Gasteiger partial charge in [-0.05, 0) is 23.5 Å². The Morgan fingerprint density at radius 3 is 1.40 bits per heavy atom. The minimum absolute atomic E-state index is 0.149. The van der Waals surface area contributed by atoms with Crippen molar-refractivity contribution in [1.82, 2.24) is 0 Å². The van der Waals surface area contributed by atoms with Gasteiger partial charge in [0.2, 0.25) is 10.2 Å². The van der Waals surface area contributed by atoms with E-state index in [1.807, 2.05) is 12.1 Å². The number of hydrogen-bond acceptors (Lipinski definition) is 5. The molecule has 0 atom stereocenters. The van der Waals surface area contributed by atoms with E-state index >= 15 is 0 Å². The molecule has 0 aliphatic rings. The molecule has 0 unspecified atom stereocenters. The van der Waals surface area contributed by atoms with Gasteiger partial charge in [-0.1, -0.05) is 72.9 Å². The molecule has 0 radical (unpaired) electrons. The lowest BCUT2D eigenvalue weighted by molar-refractivity contribution is 0.108. The van der Waals surface area contributed by atoms with E-state index < -0.39 is 0 Å². The Balaban J connectivity index is 1.93. The van der Waals surface area contributed by atoms with E-state index in [1.54, 1.807) is 48.5 Å². The molecule has 0 fully saturated rings. The number of carbonyl (C=O) groups excluding carboxylic acids is 2. The summed E-state index contributed by atoms with van der Waals surface area (Å²) >= 11 is 6.91. The molecule has 0 spiro atoms. The summed E-state index contributed by atoms with van der Waals surface area (Å²) in [6, 6.07) is 17.7. The van der Waals surface area contributed by atoms with Crippen molar-refractivity contribution in [2.24, 2.45) is 0 Å². The summed E-state index contributed by atoms with van der Waals surface area (Å²) in [6.45, 7) is 0. The average Bonchev–Trinajstić information content (AvgIpc) is 2.49. The van der Waals surface area contributed by atoms with E-state index in [9.17, 15) is 9.59 Å². The fourth-order valence-electron chi connectivity index (χ4n) is 1.44. The average molecular weight is 318 g/mol. The molecule has 5 heteroatoms. The second-order valence-electron chi connectivity index (χ2n) is 3.76. The third-order valence-corrected chi connectivity index (χ3v) is 4.55. The van der Waals surface area contributed by atoms with Crippen molar-refractivity contribution in [3.8, 4) is 0 Å². The van der Waals surface area contributed by atoms with Gasteiger partial charge in [-0.15, -0.1) is 0 Å². The van der Waals surface area contributed by atoms with Crippen LogP contribution in [0.15, 0.2) is 60.7 Å². The zero-order valence-corrected chi connectivity index (χ0v) is 12.8. The van der Waals surface area contributed by atoms with Crippen LogP contribution in [-0.4, -0.2) is 13.8 Å². The zero-order chi connectivity index (χ0) is 14.4. The summed E-state index contributed by atoms with van der Waals surface area (Å²) < 4.78 is 0.313. The lowest BCUT2D eigenvalue weighted by Gasteiger charge is -2.02. The van der Waals surface area contributed by atoms with Crippen molar-refractivity contribution in [1.29, 1.82) is 0 Å². The molecule has 0 saturated heterocycles. The Hall–Kier alpha value is -1.43. The van der Waals surface area contributed by atoms with E-state index in [0.717, 1.165) is 23.5 Å². The van der Waals surface area contributed by atoms with E-state index in [2.05, 4.69) is 0 Å². The molecule has 20 heavy (non-hydrogen) atoms. The van der Waals surface area contributed by atoms with Gasteiger partial charge in [0.15, 0.2) is 0 Å². The monoisotopic (exact) mass is 318 g/mol. The normalized spacial score (nSPS) is 10.0. The van der Waals surface area contributed by atoms with Crippen LogP contribution in [0.4, 0.5) is 0 Å². The van der Waals surface area contributed by atoms with Crippen molar-refractivity contribution >= 4 is 49.5 Å². The maximum absolute atomic E-state index is 11.9. The van der Waals surface area contributed by atoms with Crippen molar-refractivity contribution in [3.63, 3.8) is 0 Å². The molecule has 0 amide bonds. The SMILES string of the molecule is O=C(SC(=S)SC(=O)c1ccccc1)c1ccccc1. The maximum Gasteiger partial charge on any atom is 0.225 e. The quantitative estimate of drug-likeness (QED) is 0.766. The van der Waals surface area contributed by atoms with E-state index in [1.165, 1.54) is 0 Å². The maximum atomic E-state index is 11.9. The summed E-state index contributed by atoms with van der Waals surface area (Å²) in [6.07, 6.45) is 0. The first-order valence-electron chi connectivity index (χ1n) is 5.75. The predicted octanol–water partition coefficient (Wildman–Crippen LogP) is 4.42. The number of thioether (sulfide) groups is 2. The van der Waals surface area contributed by atoms with E-state index in [-0.39, 0.29) is 10.2 Å². The molecule has 2 aromatic carbocycles. The summed E-state index contributed by atoms with van der Waals surface area (Å²) in [5.41, 5.74) is 1.15. The first-order chi connectivity index (χ1) is 9.66. The molecule has 0 aliphatic carbocycles. The molecule has 0 aromatic heterocycles. The number of carbonyl (C=O) groups is 2. The lowest BCUT2D eigenvalue weighted by atomic mass is 10.2. The van der Waals surface area contributed by atoms with Crippen molar-refractivity contribution < 1.29 is 9.59 Å². The first-order valence-corrected chi connectivity index (χ1v) is 7.79. The molecule has 0 N–H and O–H groups in total. The van der Waals surface area contributed by atoms with Gasteiger partial charge in [-0.3, -0.25) is 9.59 Å². The van der Waals surface area contributed by atoms with Crippen LogP contribution in [0.3, 0.4) is 0 Å². The number of rotatable bonds is 2. The molecule has 100 valence electrons. The standard InChI is InChI=1S/C15H10O2S3/c16-13(11-7-3-1-4-8-11)19-15(18)20-14(17)12-9-5-2-6-10-12/h1-10H. The molecule has 0 saturated carbocycles. The van der Waals surface area contributed by atoms with Gasteiger partial charge in [-0.2, -0.15) is 0 Å². The van der Waals surface area contributed by atoms with Gasteiger partial charge in [0.05, 0.1) is 0 Å². The highest BCUT2D eigenvalue weighted by Gasteiger charge is 2.14. The predicted molar refractivity (Wildman–Crippen MR) is 89.3 cm³/mol. The fraction of sp³-hybridized carbons (Fsp3) is 0. The molecule has 0 bridgehead atoms. The second-order valence-corrected chi connectivity index (χ2v) is 6.91. The first kappa shape index (κ1) is 15.0. The highest BCUT2D eigenvalue weighted by molar-refractivity contribution is 8.56. The van der Waals surface area contributed by atoms with Crippen LogP contribution in [0.1, 0.15) is 20.7 Å². The highest BCUT2D eigenvalue weighted by Crippen LogP contribution is 2.24. The van der Waals surface area contributed by atoms with Gasteiger partial charge < -0.3 is 0 Å². The number of benzene rings is 2. The van der Waals surface area contributed by atoms with Gasteiger partial charge in [0.1, 0.15) is 3.53 Å². The molecule has 0 heterocycles. The summed E-state index contributed by atoms with van der Waals surface area (Å²) in [4.78, 5) is 23.8. The van der Waals surface area contributed by atoms with Gasteiger partial charge in [-0.25, -0.2) is 0 Å². The molecular weight excluding hydrogens is 308 g/mol. The lowest BCUT2D eigenvalue weighted by Crippen LogP contribution is -2.00. The second kappa shape index (κ2) is 7.38. The highest BCUT2D eigenvalue weighted by atomic mass is 32.2. The number of hydrogen-bond donors (Lipinski definition) is 0. The summed E-state index contributed by atoms with van der Waals surface area (Å²) in [5.74, 6) is 0. The van der Waals surface area contributed by atoms with E-state index in [0.29, 0.717) is 14.7 Å². The largest absolute Gasteiger partial charge is 0.281 e. The minimum Gasteiger partial charge on any atom is -0.281 e. The van der Waals surface area contributed by atoms with Crippen LogP contribution in [0.5, 0.6) is 0 Å². The molecular formula is C15H10O2S3. The Labute approximate surface area is 131 Å². The van der Waals surface area contributed by atoms with Gasteiger partial charge in [0, 0.05) is 11.1 Å². The smallest absolute Gasteiger partial charge is 0.225 e. The third kappa shape index (κ3) is 4.30. The van der Waals surface area contributed by atoms with Crippen LogP contribution in [0, 0.1) is 0 Å². The Morgan fingerprint density at radius 2 is 1.05 bits per heavy atom. The van der Waals surface area contributed by atoms with Crippen LogP contribution in [0.25, 0.3) is 0 Å². The third-order valence-electron chi connectivity index (χ3n) is 2.37. The Morgan fingerprint density at radius 1 is 0.700 bits per heavy atom. The molecule has 0 aliphatic heterocycles. The zero-order valence-electron chi connectivity index (χ0n) is 10.3. The van der Waals surface area contributed by atoms with Crippen LogP contribution >= 0.6 is 35.7 Å². The van der Waals surface area contributed by atoms with E-state index in [4.69, 9.17) is 12.2 Å². The van der Waals surface area contributed by atoms with Crippen molar-refractivity contribution in [2.75, 3.05) is 0 Å². The number of thiocarbonyl (C=S) groups is 1. The van der Waals surface area contributed by atoms with Crippen LogP contribution in [0.2, 0.25) is 0 Å². The van der Waals surface area contributed by atoms with Crippen LogP contribution in [-0.2, 0) is 0 Å². The summed E-state index contributed by atoms with van der Waals surface area (Å²) in [7, 11) is 0. The Bertz CT molecular complexity index is 569. The van der Waals surface area contributed by atoms with Crippen molar-refractivity contribution in [3.05, 3.63) is 71.8 Å². The molecule has 2 nitrogen and oxygen atoms in total. The molecule has 2 rings (SSSR count). The summed E-state index contributed by atoms with van der Waals surface area (Å²) in [5, 5.41) is -0.298.